The van der Waals surface area contributed by atoms with E-state index in [4.69, 9.17) is 0 Å². The maximum atomic E-state index is 12.7. The van der Waals surface area contributed by atoms with E-state index >= 15 is 0 Å². The van der Waals surface area contributed by atoms with Gasteiger partial charge in [-0.15, -0.1) is 22.7 Å². The molecule has 6 heteroatoms. The Morgan fingerprint density at radius 2 is 2.08 bits per heavy atom. The summed E-state index contributed by atoms with van der Waals surface area (Å²) in [6.45, 7) is 4.04. The molecule has 120 valence electrons. The minimum atomic E-state index is -0.122. The van der Waals surface area contributed by atoms with Crippen molar-refractivity contribution in [3.8, 4) is 10.6 Å². The van der Waals surface area contributed by atoms with Gasteiger partial charge < -0.3 is 5.32 Å². The SMILES string of the molecule is Cc1ccc(NC(=O)c2csc3nc(-c4cccs4)cn23)c(C)c1. The van der Waals surface area contributed by atoms with E-state index < -0.39 is 0 Å². The Labute approximate surface area is 147 Å². The van der Waals surface area contributed by atoms with E-state index in [2.05, 4.69) is 16.4 Å². The molecule has 0 bridgehead atoms. The zero-order valence-electron chi connectivity index (χ0n) is 13.2. The fourth-order valence-electron chi connectivity index (χ4n) is 2.63. The van der Waals surface area contributed by atoms with Gasteiger partial charge in [-0.3, -0.25) is 9.20 Å². The van der Waals surface area contributed by atoms with Crippen LogP contribution in [0.15, 0.2) is 47.3 Å². The number of rotatable bonds is 3. The summed E-state index contributed by atoms with van der Waals surface area (Å²) in [5, 5.41) is 6.87. The van der Waals surface area contributed by atoms with Crippen molar-refractivity contribution >= 4 is 39.2 Å². The van der Waals surface area contributed by atoms with E-state index in [0.29, 0.717) is 5.69 Å². The number of thiophene rings is 1. The number of amides is 1. The van der Waals surface area contributed by atoms with Crippen molar-refractivity contribution in [2.75, 3.05) is 5.32 Å². The Morgan fingerprint density at radius 1 is 1.21 bits per heavy atom. The molecule has 0 saturated carbocycles. The first-order valence-electron chi connectivity index (χ1n) is 7.51. The van der Waals surface area contributed by atoms with Crippen LogP contribution in [0, 0.1) is 13.8 Å². The van der Waals surface area contributed by atoms with Gasteiger partial charge in [0.05, 0.1) is 4.88 Å². The van der Waals surface area contributed by atoms with Crippen LogP contribution in [-0.4, -0.2) is 15.3 Å². The molecule has 0 aliphatic rings. The second kappa shape index (κ2) is 5.89. The molecule has 4 rings (SSSR count). The first kappa shape index (κ1) is 15.1. The Balaban J connectivity index is 1.67. The standard InChI is InChI=1S/C18H15N3OS2/c1-11-5-6-13(12(2)8-11)19-17(22)15-10-24-18-20-14(9-21(15)18)16-4-3-7-23-16/h3-10H,1-2H3,(H,19,22). The van der Waals surface area contributed by atoms with Gasteiger partial charge in [0, 0.05) is 17.3 Å². The highest BCUT2D eigenvalue weighted by Crippen LogP contribution is 2.27. The minimum absolute atomic E-state index is 0.122. The van der Waals surface area contributed by atoms with Gasteiger partial charge in [0.15, 0.2) is 4.96 Å². The number of benzene rings is 1. The Bertz CT molecular complexity index is 1030. The number of aryl methyl sites for hydroxylation is 2. The van der Waals surface area contributed by atoms with Crippen molar-refractivity contribution in [1.29, 1.82) is 0 Å². The van der Waals surface area contributed by atoms with Gasteiger partial charge in [0.25, 0.3) is 5.91 Å². The molecule has 1 aromatic carbocycles. The molecule has 1 N–H and O–H groups in total. The average molecular weight is 353 g/mol. The number of aromatic nitrogens is 2. The van der Waals surface area contributed by atoms with Gasteiger partial charge >= 0.3 is 0 Å². The molecule has 3 aromatic heterocycles. The maximum Gasteiger partial charge on any atom is 0.273 e. The molecule has 0 saturated heterocycles. The summed E-state index contributed by atoms with van der Waals surface area (Å²) in [4.78, 5) is 19.2. The van der Waals surface area contributed by atoms with Crippen LogP contribution in [0.5, 0.6) is 0 Å². The van der Waals surface area contributed by atoms with E-state index in [9.17, 15) is 4.79 Å². The van der Waals surface area contributed by atoms with Crippen molar-refractivity contribution in [3.63, 3.8) is 0 Å². The highest BCUT2D eigenvalue weighted by Gasteiger charge is 2.16. The van der Waals surface area contributed by atoms with Gasteiger partial charge in [0.1, 0.15) is 11.4 Å². The zero-order valence-corrected chi connectivity index (χ0v) is 14.9. The molecule has 0 aliphatic carbocycles. The van der Waals surface area contributed by atoms with Gasteiger partial charge in [-0.05, 0) is 36.9 Å². The van der Waals surface area contributed by atoms with Crippen molar-refractivity contribution in [2.45, 2.75) is 13.8 Å². The molecule has 0 fully saturated rings. The number of nitrogens with one attached hydrogen (secondary N) is 1. The third-order valence-electron chi connectivity index (χ3n) is 3.85. The van der Waals surface area contributed by atoms with Gasteiger partial charge in [-0.1, -0.05) is 23.8 Å². The highest BCUT2D eigenvalue weighted by atomic mass is 32.1. The summed E-state index contributed by atoms with van der Waals surface area (Å²) >= 11 is 3.12. The van der Waals surface area contributed by atoms with Crippen molar-refractivity contribution in [2.24, 2.45) is 0 Å². The van der Waals surface area contributed by atoms with E-state index in [1.165, 1.54) is 16.9 Å². The molecular weight excluding hydrogens is 338 g/mol. The first-order valence-corrected chi connectivity index (χ1v) is 9.27. The molecular formula is C18H15N3OS2. The predicted octanol–water partition coefficient (Wildman–Crippen LogP) is 4.99. The largest absolute Gasteiger partial charge is 0.320 e. The topological polar surface area (TPSA) is 46.4 Å². The minimum Gasteiger partial charge on any atom is -0.320 e. The fraction of sp³-hybridized carbons (Fsp3) is 0.111. The van der Waals surface area contributed by atoms with E-state index in [-0.39, 0.29) is 5.91 Å². The lowest BCUT2D eigenvalue weighted by Crippen LogP contribution is -2.14. The first-order chi connectivity index (χ1) is 11.6. The average Bonchev–Trinajstić information content (AvgIpc) is 3.24. The van der Waals surface area contributed by atoms with Crippen molar-refractivity contribution < 1.29 is 4.79 Å². The normalized spacial score (nSPS) is 11.1. The number of fused-ring (bicyclic) bond motifs is 1. The van der Waals surface area contributed by atoms with Gasteiger partial charge in [0.2, 0.25) is 0 Å². The lowest BCUT2D eigenvalue weighted by atomic mass is 10.1. The van der Waals surface area contributed by atoms with Crippen LogP contribution in [0.4, 0.5) is 5.69 Å². The maximum absolute atomic E-state index is 12.7. The Hall–Kier alpha value is -2.44. The van der Waals surface area contributed by atoms with Crippen LogP contribution in [0.25, 0.3) is 15.5 Å². The lowest BCUT2D eigenvalue weighted by Gasteiger charge is -2.08. The summed E-state index contributed by atoms with van der Waals surface area (Å²) in [6.07, 6.45) is 1.93. The molecule has 0 unspecified atom stereocenters. The highest BCUT2D eigenvalue weighted by molar-refractivity contribution is 7.15. The van der Waals surface area contributed by atoms with E-state index in [1.54, 1.807) is 11.3 Å². The van der Waals surface area contributed by atoms with Gasteiger partial charge in [-0.2, -0.15) is 0 Å². The summed E-state index contributed by atoms with van der Waals surface area (Å²) in [5.74, 6) is -0.122. The van der Waals surface area contributed by atoms with Gasteiger partial charge in [-0.25, -0.2) is 4.98 Å². The molecule has 0 aliphatic heterocycles. The number of hydrogen-bond acceptors (Lipinski definition) is 4. The van der Waals surface area contributed by atoms with Crippen LogP contribution in [-0.2, 0) is 0 Å². The second-order valence-corrected chi connectivity index (χ2v) is 7.43. The predicted molar refractivity (Wildman–Crippen MR) is 100 cm³/mol. The molecule has 24 heavy (non-hydrogen) atoms. The summed E-state index contributed by atoms with van der Waals surface area (Å²) in [7, 11) is 0. The molecule has 3 heterocycles. The van der Waals surface area contributed by atoms with Crippen LogP contribution < -0.4 is 5.32 Å². The monoisotopic (exact) mass is 353 g/mol. The number of anilines is 1. The molecule has 0 radical (unpaired) electrons. The number of carbonyl (C=O) groups is 1. The number of imidazole rings is 1. The summed E-state index contributed by atoms with van der Waals surface area (Å²) < 4.78 is 1.86. The summed E-state index contributed by atoms with van der Waals surface area (Å²) in [6, 6.07) is 10.0. The Kier molecular flexibility index (Phi) is 3.70. The van der Waals surface area contributed by atoms with Crippen LogP contribution in [0.3, 0.4) is 0 Å². The van der Waals surface area contributed by atoms with Crippen LogP contribution >= 0.6 is 22.7 Å². The number of nitrogens with zero attached hydrogens (tertiary/aromatic N) is 2. The third kappa shape index (κ3) is 2.64. The van der Waals surface area contributed by atoms with Crippen LogP contribution in [0.2, 0.25) is 0 Å². The smallest absolute Gasteiger partial charge is 0.273 e. The zero-order chi connectivity index (χ0) is 16.7. The van der Waals surface area contributed by atoms with E-state index in [0.717, 1.165) is 26.8 Å². The summed E-state index contributed by atoms with van der Waals surface area (Å²) in [5.41, 5.74) is 4.57. The second-order valence-electron chi connectivity index (χ2n) is 5.65. The molecule has 0 atom stereocenters. The fourth-order valence-corrected chi connectivity index (χ4v) is 4.16. The van der Waals surface area contributed by atoms with E-state index in [1.807, 2.05) is 59.5 Å². The molecule has 4 aromatic rings. The number of hydrogen-bond donors (Lipinski definition) is 1. The van der Waals surface area contributed by atoms with Crippen molar-refractivity contribution in [1.82, 2.24) is 9.38 Å². The third-order valence-corrected chi connectivity index (χ3v) is 5.58. The molecule has 4 nitrogen and oxygen atoms in total. The number of carbonyl (C=O) groups excluding carboxylic acids is 1. The van der Waals surface area contributed by atoms with Crippen LogP contribution in [0.1, 0.15) is 21.6 Å². The quantitative estimate of drug-likeness (QED) is 0.564. The number of thiazole rings is 1. The van der Waals surface area contributed by atoms with Crippen molar-refractivity contribution in [3.05, 3.63) is 64.1 Å². The molecule has 0 spiro atoms. The lowest BCUT2D eigenvalue weighted by molar-refractivity contribution is 0.102. The molecule has 1 amide bonds. The Morgan fingerprint density at radius 3 is 2.83 bits per heavy atom.